The average Bonchev–Trinajstić information content (AvgIpc) is 2.90. The van der Waals surface area contributed by atoms with Crippen molar-refractivity contribution in [3.05, 3.63) is 23.0 Å². The summed E-state index contributed by atoms with van der Waals surface area (Å²) in [6.45, 7) is 6.96. The Morgan fingerprint density at radius 3 is 2.74 bits per heavy atom. The molecular formula is C12H16N4OS2. The number of nitrogen functional groups attached to an aromatic ring is 1. The van der Waals surface area contributed by atoms with Crippen molar-refractivity contribution in [1.82, 2.24) is 14.8 Å². The van der Waals surface area contributed by atoms with Crippen molar-refractivity contribution in [1.29, 1.82) is 0 Å². The van der Waals surface area contributed by atoms with Gasteiger partial charge in [-0.25, -0.2) is 0 Å². The molecule has 0 aliphatic rings. The number of nitrogens with two attached hydrogens (primary N) is 1. The third kappa shape index (κ3) is 2.98. The van der Waals surface area contributed by atoms with Gasteiger partial charge in [-0.15, -0.1) is 10.2 Å². The van der Waals surface area contributed by atoms with Gasteiger partial charge in [0.15, 0.2) is 10.1 Å². The van der Waals surface area contributed by atoms with Crippen molar-refractivity contribution >= 4 is 34.0 Å². The van der Waals surface area contributed by atoms with Gasteiger partial charge < -0.3 is 10.3 Å². The van der Waals surface area contributed by atoms with Crippen LogP contribution in [0.25, 0.3) is 0 Å². The second-order valence-corrected chi connectivity index (χ2v) is 6.38. The number of anilines is 1. The van der Waals surface area contributed by atoms with E-state index in [1.807, 2.05) is 19.9 Å². The average molecular weight is 296 g/mol. The fourth-order valence-electron chi connectivity index (χ4n) is 2.05. The fraction of sp³-hybridized carbons (Fsp3) is 0.417. The molecule has 19 heavy (non-hydrogen) atoms. The van der Waals surface area contributed by atoms with Crippen LogP contribution in [0.15, 0.2) is 10.4 Å². The molecule has 2 heterocycles. The van der Waals surface area contributed by atoms with Gasteiger partial charge in [-0.1, -0.05) is 23.1 Å². The number of aryl methyl sites for hydroxylation is 1. The van der Waals surface area contributed by atoms with Gasteiger partial charge in [-0.2, -0.15) is 0 Å². The first-order valence-corrected chi connectivity index (χ1v) is 7.74. The predicted molar refractivity (Wildman–Crippen MR) is 79.0 cm³/mol. The number of hydrogen-bond donors (Lipinski definition) is 1. The van der Waals surface area contributed by atoms with Crippen LogP contribution in [0, 0.1) is 13.8 Å². The summed E-state index contributed by atoms with van der Waals surface area (Å²) in [5, 5.41) is 8.05. The normalized spacial score (nSPS) is 10.9. The molecule has 0 aromatic carbocycles. The number of carbonyl (C=O) groups is 1. The molecular weight excluding hydrogens is 280 g/mol. The van der Waals surface area contributed by atoms with Crippen LogP contribution in [0.1, 0.15) is 28.7 Å². The number of Topliss-reactive ketones (excluding diaryl/α,β-unsaturated/α-hetero) is 1. The van der Waals surface area contributed by atoms with Crippen LogP contribution in [0.4, 0.5) is 5.13 Å². The third-order valence-corrected chi connectivity index (χ3v) is 4.82. The molecule has 7 heteroatoms. The number of ketones is 1. The summed E-state index contributed by atoms with van der Waals surface area (Å²) in [7, 11) is 0. The Balaban J connectivity index is 2.08. The highest BCUT2D eigenvalue weighted by atomic mass is 32.2. The van der Waals surface area contributed by atoms with Crippen molar-refractivity contribution in [2.24, 2.45) is 0 Å². The van der Waals surface area contributed by atoms with Gasteiger partial charge in [0.1, 0.15) is 0 Å². The molecule has 0 radical (unpaired) electrons. The number of aromatic nitrogens is 3. The summed E-state index contributed by atoms with van der Waals surface area (Å²) in [5.74, 6) is 0.481. The molecule has 2 aromatic heterocycles. The molecule has 102 valence electrons. The van der Waals surface area contributed by atoms with Gasteiger partial charge in [0, 0.05) is 23.5 Å². The quantitative estimate of drug-likeness (QED) is 0.678. The lowest BCUT2D eigenvalue weighted by molar-refractivity contribution is 0.102. The monoisotopic (exact) mass is 296 g/mol. The van der Waals surface area contributed by atoms with E-state index in [1.165, 1.54) is 23.1 Å². The van der Waals surface area contributed by atoms with E-state index in [4.69, 9.17) is 5.73 Å². The Hall–Kier alpha value is -1.34. The lowest BCUT2D eigenvalue weighted by atomic mass is 10.2. The van der Waals surface area contributed by atoms with E-state index in [-0.39, 0.29) is 5.78 Å². The maximum atomic E-state index is 12.2. The maximum Gasteiger partial charge on any atom is 0.203 e. The summed E-state index contributed by atoms with van der Waals surface area (Å²) in [4.78, 5) is 12.2. The molecule has 0 amide bonds. The lowest BCUT2D eigenvalue weighted by Gasteiger charge is -2.05. The van der Waals surface area contributed by atoms with Crippen molar-refractivity contribution < 1.29 is 4.79 Å². The summed E-state index contributed by atoms with van der Waals surface area (Å²) in [5.41, 5.74) is 8.45. The molecule has 0 fully saturated rings. The zero-order valence-electron chi connectivity index (χ0n) is 11.1. The van der Waals surface area contributed by atoms with Gasteiger partial charge in [0.05, 0.1) is 5.75 Å². The molecule has 0 aliphatic heterocycles. The Morgan fingerprint density at radius 2 is 2.21 bits per heavy atom. The Labute approximate surface area is 120 Å². The number of thioether (sulfide) groups is 1. The molecule has 2 N–H and O–H groups in total. The fourth-order valence-corrected chi connectivity index (χ4v) is 3.57. The van der Waals surface area contributed by atoms with Crippen LogP contribution in [0.5, 0.6) is 0 Å². The first-order chi connectivity index (χ1) is 9.02. The molecule has 0 bridgehead atoms. The lowest BCUT2D eigenvalue weighted by Crippen LogP contribution is -2.05. The standard InChI is InChI=1S/C12H16N4OS2/c1-4-16-7(2)5-9(8(16)3)10(17)6-18-12-15-14-11(13)19-12/h5H,4,6H2,1-3H3,(H2,13,14). The largest absolute Gasteiger partial charge is 0.374 e. The summed E-state index contributed by atoms with van der Waals surface area (Å²) in [6, 6.07) is 1.95. The minimum Gasteiger partial charge on any atom is -0.374 e. The van der Waals surface area contributed by atoms with Gasteiger partial charge in [0.2, 0.25) is 5.13 Å². The summed E-state index contributed by atoms with van der Waals surface area (Å²) < 4.78 is 2.87. The van der Waals surface area contributed by atoms with Gasteiger partial charge in [-0.05, 0) is 26.8 Å². The van der Waals surface area contributed by atoms with E-state index in [9.17, 15) is 4.79 Å². The van der Waals surface area contributed by atoms with Crippen LogP contribution in [-0.2, 0) is 6.54 Å². The summed E-state index contributed by atoms with van der Waals surface area (Å²) >= 11 is 2.68. The SMILES string of the molecule is CCn1c(C)cc(C(=O)CSc2nnc(N)s2)c1C. The molecule has 5 nitrogen and oxygen atoms in total. The van der Waals surface area contributed by atoms with Crippen molar-refractivity contribution in [2.75, 3.05) is 11.5 Å². The molecule has 0 atom stereocenters. The predicted octanol–water partition coefficient (Wildman–Crippen LogP) is 2.53. The highest BCUT2D eigenvalue weighted by molar-refractivity contribution is 8.01. The van der Waals surface area contributed by atoms with Gasteiger partial charge >= 0.3 is 0 Å². The molecule has 0 aliphatic carbocycles. The Kier molecular flexibility index (Phi) is 4.26. The minimum absolute atomic E-state index is 0.117. The van der Waals surface area contributed by atoms with E-state index in [0.717, 1.165) is 27.8 Å². The second kappa shape index (κ2) is 5.75. The third-order valence-electron chi connectivity index (χ3n) is 2.94. The van der Waals surface area contributed by atoms with E-state index in [0.29, 0.717) is 10.9 Å². The molecule has 0 spiro atoms. The van der Waals surface area contributed by atoms with Gasteiger partial charge in [0.25, 0.3) is 0 Å². The molecule has 0 saturated heterocycles. The van der Waals surface area contributed by atoms with Crippen LogP contribution in [0.3, 0.4) is 0 Å². The zero-order valence-corrected chi connectivity index (χ0v) is 12.8. The van der Waals surface area contributed by atoms with Crippen molar-refractivity contribution in [3.8, 4) is 0 Å². The topological polar surface area (TPSA) is 73.8 Å². The second-order valence-electron chi connectivity index (χ2n) is 4.15. The smallest absolute Gasteiger partial charge is 0.203 e. The first kappa shape index (κ1) is 14.1. The number of rotatable bonds is 5. The number of carbonyl (C=O) groups excluding carboxylic acids is 1. The maximum absolute atomic E-state index is 12.2. The van der Waals surface area contributed by atoms with Gasteiger partial charge in [-0.3, -0.25) is 4.79 Å². The van der Waals surface area contributed by atoms with Crippen LogP contribution >= 0.6 is 23.1 Å². The number of hydrogen-bond acceptors (Lipinski definition) is 6. The van der Waals surface area contributed by atoms with E-state index in [1.54, 1.807) is 0 Å². The Morgan fingerprint density at radius 1 is 1.47 bits per heavy atom. The highest BCUT2D eigenvalue weighted by Crippen LogP contribution is 2.25. The van der Waals surface area contributed by atoms with Crippen molar-refractivity contribution in [3.63, 3.8) is 0 Å². The molecule has 0 saturated carbocycles. The molecule has 2 aromatic rings. The van der Waals surface area contributed by atoms with E-state index < -0.39 is 0 Å². The summed E-state index contributed by atoms with van der Waals surface area (Å²) in [6.07, 6.45) is 0. The highest BCUT2D eigenvalue weighted by Gasteiger charge is 2.16. The van der Waals surface area contributed by atoms with E-state index in [2.05, 4.69) is 21.7 Å². The van der Waals surface area contributed by atoms with Crippen LogP contribution < -0.4 is 5.73 Å². The first-order valence-electron chi connectivity index (χ1n) is 5.94. The van der Waals surface area contributed by atoms with Crippen LogP contribution in [-0.4, -0.2) is 26.3 Å². The van der Waals surface area contributed by atoms with Crippen molar-refractivity contribution in [2.45, 2.75) is 31.7 Å². The zero-order chi connectivity index (χ0) is 14.0. The van der Waals surface area contributed by atoms with E-state index >= 15 is 0 Å². The minimum atomic E-state index is 0.117. The molecule has 0 unspecified atom stereocenters. The Bertz CT molecular complexity index is 603. The number of nitrogens with zero attached hydrogens (tertiary/aromatic N) is 3. The van der Waals surface area contributed by atoms with Crippen LogP contribution in [0.2, 0.25) is 0 Å². The molecule has 2 rings (SSSR count).